The molecule has 1 aromatic carbocycles. The van der Waals surface area contributed by atoms with Crippen LogP contribution in [0, 0.1) is 0 Å². The van der Waals surface area contributed by atoms with Gasteiger partial charge in [0.15, 0.2) is 0 Å². The second kappa shape index (κ2) is 6.52. The van der Waals surface area contributed by atoms with Crippen LogP contribution in [0.15, 0.2) is 24.3 Å². The lowest BCUT2D eigenvalue weighted by atomic mass is 9.92. The maximum Gasteiger partial charge on any atom is 0.251 e. The normalized spacial score (nSPS) is 22.1. The summed E-state index contributed by atoms with van der Waals surface area (Å²) < 4.78 is 0. The second-order valence-corrected chi connectivity index (χ2v) is 5.19. The van der Waals surface area contributed by atoms with E-state index in [1.807, 2.05) is 0 Å². The predicted octanol–water partition coefficient (Wildman–Crippen LogP) is 1.68. The van der Waals surface area contributed by atoms with E-state index in [2.05, 4.69) is 10.6 Å². The van der Waals surface area contributed by atoms with Gasteiger partial charge in [-0.3, -0.25) is 9.59 Å². The van der Waals surface area contributed by atoms with E-state index in [1.165, 1.54) is 6.92 Å². The standard InChI is InChI=1S/C15H20N2O3/c1-10(18)16-12-8-6-11(7-9-12)15(20)17-13-4-2-3-5-14(13)19/h6-9,13-14,19H,2-5H2,1H3,(H,16,18)(H,17,20)/t13-,14-/m0/s1. The molecular weight excluding hydrogens is 256 g/mol. The first kappa shape index (κ1) is 14.5. The Balaban J connectivity index is 1.96. The summed E-state index contributed by atoms with van der Waals surface area (Å²) in [6.45, 7) is 1.44. The summed E-state index contributed by atoms with van der Waals surface area (Å²) in [7, 11) is 0. The van der Waals surface area contributed by atoms with Crippen LogP contribution < -0.4 is 10.6 Å². The highest BCUT2D eigenvalue weighted by Gasteiger charge is 2.24. The third-order valence-corrected chi connectivity index (χ3v) is 3.51. The topological polar surface area (TPSA) is 78.4 Å². The second-order valence-electron chi connectivity index (χ2n) is 5.19. The molecular formula is C15H20N2O3. The van der Waals surface area contributed by atoms with Crippen molar-refractivity contribution in [3.05, 3.63) is 29.8 Å². The van der Waals surface area contributed by atoms with Crippen molar-refractivity contribution >= 4 is 17.5 Å². The van der Waals surface area contributed by atoms with Gasteiger partial charge in [-0.25, -0.2) is 0 Å². The minimum atomic E-state index is -0.452. The zero-order valence-corrected chi connectivity index (χ0v) is 11.6. The molecule has 0 radical (unpaired) electrons. The molecule has 2 amide bonds. The van der Waals surface area contributed by atoms with E-state index in [9.17, 15) is 14.7 Å². The van der Waals surface area contributed by atoms with Crippen molar-refractivity contribution in [3.8, 4) is 0 Å². The molecule has 1 fully saturated rings. The Morgan fingerprint density at radius 3 is 2.40 bits per heavy atom. The van der Waals surface area contributed by atoms with Crippen molar-refractivity contribution in [2.75, 3.05) is 5.32 Å². The van der Waals surface area contributed by atoms with Gasteiger partial charge in [0.05, 0.1) is 12.1 Å². The Kier molecular flexibility index (Phi) is 4.74. The molecule has 1 aliphatic carbocycles. The van der Waals surface area contributed by atoms with Gasteiger partial charge in [0, 0.05) is 18.2 Å². The lowest BCUT2D eigenvalue weighted by Gasteiger charge is -2.28. The van der Waals surface area contributed by atoms with Crippen LogP contribution in [0.1, 0.15) is 43.0 Å². The summed E-state index contributed by atoms with van der Waals surface area (Å²) in [5, 5.41) is 15.4. The summed E-state index contributed by atoms with van der Waals surface area (Å²) in [6, 6.07) is 6.54. The monoisotopic (exact) mass is 276 g/mol. The lowest BCUT2D eigenvalue weighted by molar-refractivity contribution is -0.114. The molecule has 1 aromatic rings. The van der Waals surface area contributed by atoms with E-state index in [0.717, 1.165) is 25.7 Å². The van der Waals surface area contributed by atoms with E-state index >= 15 is 0 Å². The first-order valence-corrected chi connectivity index (χ1v) is 6.93. The highest BCUT2D eigenvalue weighted by Crippen LogP contribution is 2.19. The van der Waals surface area contributed by atoms with Crippen LogP contribution in [-0.4, -0.2) is 29.1 Å². The van der Waals surface area contributed by atoms with Crippen LogP contribution in [0.5, 0.6) is 0 Å². The van der Waals surface area contributed by atoms with Gasteiger partial charge in [0.25, 0.3) is 5.91 Å². The Morgan fingerprint density at radius 1 is 1.15 bits per heavy atom. The number of anilines is 1. The molecule has 2 rings (SSSR count). The van der Waals surface area contributed by atoms with E-state index in [4.69, 9.17) is 0 Å². The van der Waals surface area contributed by atoms with E-state index < -0.39 is 6.10 Å². The van der Waals surface area contributed by atoms with Crippen LogP contribution in [0.3, 0.4) is 0 Å². The van der Waals surface area contributed by atoms with Crippen molar-refractivity contribution in [2.45, 2.75) is 44.8 Å². The third-order valence-electron chi connectivity index (χ3n) is 3.51. The summed E-state index contributed by atoms with van der Waals surface area (Å²) in [6.07, 6.45) is 3.15. The van der Waals surface area contributed by atoms with Crippen LogP contribution in [-0.2, 0) is 4.79 Å². The number of amides is 2. The molecule has 3 N–H and O–H groups in total. The highest BCUT2D eigenvalue weighted by atomic mass is 16.3. The Labute approximate surface area is 118 Å². The number of hydrogen-bond acceptors (Lipinski definition) is 3. The molecule has 20 heavy (non-hydrogen) atoms. The van der Waals surface area contributed by atoms with Crippen molar-refractivity contribution in [1.82, 2.24) is 5.32 Å². The SMILES string of the molecule is CC(=O)Nc1ccc(C(=O)N[C@H]2CCCC[C@@H]2O)cc1. The number of carbonyl (C=O) groups excluding carboxylic acids is 2. The summed E-state index contributed by atoms with van der Waals surface area (Å²) in [4.78, 5) is 23.0. The molecule has 5 heteroatoms. The minimum Gasteiger partial charge on any atom is -0.391 e. The quantitative estimate of drug-likeness (QED) is 0.786. The molecule has 108 valence electrons. The van der Waals surface area contributed by atoms with E-state index in [-0.39, 0.29) is 17.9 Å². The van der Waals surface area contributed by atoms with Gasteiger partial charge in [0.2, 0.25) is 5.91 Å². The largest absolute Gasteiger partial charge is 0.391 e. The number of hydrogen-bond donors (Lipinski definition) is 3. The number of aliphatic hydroxyl groups excluding tert-OH is 1. The molecule has 1 saturated carbocycles. The van der Waals surface area contributed by atoms with E-state index in [1.54, 1.807) is 24.3 Å². The average Bonchev–Trinajstić information content (AvgIpc) is 2.41. The molecule has 2 atom stereocenters. The van der Waals surface area contributed by atoms with Gasteiger partial charge < -0.3 is 15.7 Å². The number of carbonyl (C=O) groups is 2. The minimum absolute atomic E-state index is 0.146. The van der Waals surface area contributed by atoms with Crippen molar-refractivity contribution in [1.29, 1.82) is 0 Å². The van der Waals surface area contributed by atoms with E-state index in [0.29, 0.717) is 11.3 Å². The van der Waals surface area contributed by atoms with Crippen molar-refractivity contribution in [2.24, 2.45) is 0 Å². The molecule has 5 nitrogen and oxygen atoms in total. The van der Waals surface area contributed by atoms with Crippen molar-refractivity contribution in [3.63, 3.8) is 0 Å². The molecule has 0 heterocycles. The fourth-order valence-electron chi connectivity index (χ4n) is 2.44. The molecule has 0 spiro atoms. The highest BCUT2D eigenvalue weighted by molar-refractivity contribution is 5.95. The fraction of sp³-hybridized carbons (Fsp3) is 0.467. The zero-order valence-electron chi connectivity index (χ0n) is 11.6. The van der Waals surface area contributed by atoms with Crippen molar-refractivity contribution < 1.29 is 14.7 Å². The van der Waals surface area contributed by atoms with Gasteiger partial charge in [0.1, 0.15) is 0 Å². The van der Waals surface area contributed by atoms with Crippen LogP contribution in [0.25, 0.3) is 0 Å². The van der Waals surface area contributed by atoms with Gasteiger partial charge in [-0.2, -0.15) is 0 Å². The van der Waals surface area contributed by atoms with Crippen LogP contribution in [0.2, 0.25) is 0 Å². The average molecular weight is 276 g/mol. The van der Waals surface area contributed by atoms with Gasteiger partial charge in [-0.15, -0.1) is 0 Å². The molecule has 0 aliphatic heterocycles. The Hall–Kier alpha value is -1.88. The fourth-order valence-corrected chi connectivity index (χ4v) is 2.44. The summed E-state index contributed by atoms with van der Waals surface area (Å²) in [5.41, 5.74) is 1.18. The zero-order chi connectivity index (χ0) is 14.5. The smallest absolute Gasteiger partial charge is 0.251 e. The lowest BCUT2D eigenvalue weighted by Crippen LogP contribution is -2.45. The maximum atomic E-state index is 12.1. The maximum absolute atomic E-state index is 12.1. The Bertz CT molecular complexity index is 484. The number of nitrogens with one attached hydrogen (secondary N) is 2. The van der Waals surface area contributed by atoms with Gasteiger partial charge >= 0.3 is 0 Å². The summed E-state index contributed by atoms with van der Waals surface area (Å²) in [5.74, 6) is -0.335. The molecule has 0 saturated heterocycles. The Morgan fingerprint density at radius 2 is 1.80 bits per heavy atom. The predicted molar refractivity (Wildman–Crippen MR) is 76.5 cm³/mol. The van der Waals surface area contributed by atoms with Gasteiger partial charge in [-0.05, 0) is 37.1 Å². The first-order valence-electron chi connectivity index (χ1n) is 6.93. The van der Waals surface area contributed by atoms with Gasteiger partial charge in [-0.1, -0.05) is 12.8 Å². The number of aliphatic hydroxyl groups is 1. The molecule has 1 aliphatic rings. The summed E-state index contributed by atoms with van der Waals surface area (Å²) >= 11 is 0. The number of benzene rings is 1. The first-order chi connectivity index (χ1) is 9.56. The third kappa shape index (κ3) is 3.81. The molecule has 0 unspecified atom stereocenters. The van der Waals surface area contributed by atoms with Crippen LogP contribution >= 0.6 is 0 Å². The number of rotatable bonds is 3. The molecule has 0 bridgehead atoms. The molecule has 0 aromatic heterocycles. The van der Waals surface area contributed by atoms with Crippen LogP contribution in [0.4, 0.5) is 5.69 Å².